The molecule has 34 heavy (non-hydrogen) atoms. The molecule has 0 aromatic carbocycles. The Hall–Kier alpha value is -0.320. The molecule has 2 heterocycles. The maximum absolute atomic E-state index is 12.6. The third-order valence-corrected chi connectivity index (χ3v) is 12.0. The fourth-order valence-corrected chi connectivity index (χ4v) is 11.7. The highest BCUT2D eigenvalue weighted by Gasteiger charge is 2.93. The van der Waals surface area contributed by atoms with Gasteiger partial charge < -0.3 is 33.5 Å². The molecular formula is C26H41NO7. The van der Waals surface area contributed by atoms with Crippen molar-refractivity contribution in [1.82, 2.24) is 4.90 Å². The van der Waals surface area contributed by atoms with E-state index in [1.807, 2.05) is 21.3 Å². The highest BCUT2D eigenvalue weighted by atomic mass is 16.7. The van der Waals surface area contributed by atoms with Crippen LogP contribution in [0.1, 0.15) is 32.6 Å². The van der Waals surface area contributed by atoms with Crippen LogP contribution in [0.15, 0.2) is 0 Å². The lowest BCUT2D eigenvalue weighted by atomic mass is 9.42. The summed E-state index contributed by atoms with van der Waals surface area (Å²) in [6.07, 6.45) is 3.20. The number of aliphatic hydroxyl groups is 1. The summed E-state index contributed by atoms with van der Waals surface area (Å²) >= 11 is 0. The first-order valence-corrected chi connectivity index (χ1v) is 13.2. The zero-order valence-corrected chi connectivity index (χ0v) is 21.2. The minimum Gasteiger partial charge on any atom is -0.390 e. The van der Waals surface area contributed by atoms with Crippen molar-refractivity contribution >= 4 is 0 Å². The largest absolute Gasteiger partial charge is 0.390 e. The van der Waals surface area contributed by atoms with E-state index in [1.54, 1.807) is 7.11 Å². The molecule has 7 rings (SSSR count). The van der Waals surface area contributed by atoms with Crippen LogP contribution in [0.25, 0.3) is 0 Å². The molecule has 7 aliphatic rings. The smallest absolute Gasteiger partial charge is 0.148 e. The molecule has 13 atom stereocenters. The lowest BCUT2D eigenvalue weighted by Crippen LogP contribution is -2.81. The number of piperidine rings is 1. The van der Waals surface area contributed by atoms with Gasteiger partial charge in [-0.05, 0) is 31.7 Å². The van der Waals surface area contributed by atoms with Crippen LogP contribution < -0.4 is 0 Å². The average Bonchev–Trinajstić information content (AvgIpc) is 3.42. The van der Waals surface area contributed by atoms with Crippen LogP contribution >= 0.6 is 0 Å². The van der Waals surface area contributed by atoms with Gasteiger partial charge in [0, 0.05) is 70.0 Å². The Morgan fingerprint density at radius 2 is 1.91 bits per heavy atom. The number of aliphatic hydroxyl groups excluding tert-OH is 1. The molecule has 1 N–H and O–H groups in total. The maximum Gasteiger partial charge on any atom is 0.148 e. The van der Waals surface area contributed by atoms with Gasteiger partial charge in [0.15, 0.2) is 0 Å². The predicted molar refractivity (Wildman–Crippen MR) is 121 cm³/mol. The minimum atomic E-state index is -0.825. The normalized spacial score (nSPS) is 61.1. The van der Waals surface area contributed by atoms with Gasteiger partial charge in [-0.15, -0.1) is 0 Å². The highest BCUT2D eigenvalue weighted by Crippen LogP contribution is 2.82. The van der Waals surface area contributed by atoms with Gasteiger partial charge in [-0.25, -0.2) is 0 Å². The third kappa shape index (κ3) is 2.05. The molecule has 192 valence electrons. The van der Waals surface area contributed by atoms with Gasteiger partial charge in [-0.3, -0.25) is 4.90 Å². The lowest BCUT2D eigenvalue weighted by Gasteiger charge is -2.70. The van der Waals surface area contributed by atoms with Crippen LogP contribution in [0.3, 0.4) is 0 Å². The number of likely N-dealkylation sites (tertiary alicyclic amines) is 1. The molecule has 0 unspecified atom stereocenters. The number of likely N-dealkylation sites (N-methyl/N-ethyl adjacent to an activating group) is 1. The first kappa shape index (κ1) is 22.8. The molecule has 8 heteroatoms. The van der Waals surface area contributed by atoms with Crippen molar-refractivity contribution in [2.24, 2.45) is 34.5 Å². The van der Waals surface area contributed by atoms with Gasteiger partial charge in [0.1, 0.15) is 18.0 Å². The van der Waals surface area contributed by atoms with Crippen molar-refractivity contribution in [3.8, 4) is 0 Å². The van der Waals surface area contributed by atoms with E-state index in [2.05, 4.69) is 11.8 Å². The Labute approximate surface area is 202 Å². The SMILES string of the molecule is CCN1C[C@]2(COC)CC[C@H](OC)[C@@]34[C@@H]5C[C@H]6[C@H](OC)[C@@H]5[C@@]5(C[C@@H]6OC)OCO[C@]5([C@@H](O)[C@@H]23)[C@@H]14. The van der Waals surface area contributed by atoms with E-state index in [1.165, 1.54) is 0 Å². The third-order valence-electron chi connectivity index (χ3n) is 12.0. The van der Waals surface area contributed by atoms with Crippen molar-refractivity contribution in [1.29, 1.82) is 0 Å². The second-order valence-corrected chi connectivity index (χ2v) is 12.2. The molecule has 2 saturated heterocycles. The van der Waals surface area contributed by atoms with E-state index in [-0.39, 0.29) is 53.8 Å². The monoisotopic (exact) mass is 479 g/mol. The zero-order valence-electron chi connectivity index (χ0n) is 21.2. The summed E-state index contributed by atoms with van der Waals surface area (Å²) in [6.45, 7) is 4.93. The molecule has 0 amide bonds. The maximum atomic E-state index is 12.6. The molecule has 2 aliphatic heterocycles. The fourth-order valence-electron chi connectivity index (χ4n) is 11.7. The van der Waals surface area contributed by atoms with E-state index < -0.39 is 17.3 Å². The summed E-state index contributed by atoms with van der Waals surface area (Å²) in [5.74, 6) is 0.813. The molecular weight excluding hydrogens is 438 g/mol. The lowest BCUT2D eigenvalue weighted by molar-refractivity contribution is -0.287. The van der Waals surface area contributed by atoms with Crippen molar-refractivity contribution in [3.63, 3.8) is 0 Å². The second kappa shape index (κ2) is 7.16. The quantitative estimate of drug-likeness (QED) is 0.611. The van der Waals surface area contributed by atoms with Gasteiger partial charge in [0.25, 0.3) is 0 Å². The zero-order chi connectivity index (χ0) is 23.7. The minimum absolute atomic E-state index is 0.0240. The van der Waals surface area contributed by atoms with Crippen molar-refractivity contribution in [3.05, 3.63) is 0 Å². The van der Waals surface area contributed by atoms with Gasteiger partial charge in [0.2, 0.25) is 0 Å². The molecule has 8 nitrogen and oxygen atoms in total. The van der Waals surface area contributed by atoms with Gasteiger partial charge in [-0.1, -0.05) is 6.92 Å². The van der Waals surface area contributed by atoms with Crippen molar-refractivity contribution in [2.45, 2.75) is 74.3 Å². The van der Waals surface area contributed by atoms with Crippen molar-refractivity contribution < 1.29 is 33.5 Å². The van der Waals surface area contributed by atoms with E-state index in [0.717, 1.165) is 38.8 Å². The van der Waals surface area contributed by atoms with Gasteiger partial charge in [0.05, 0.1) is 37.1 Å². The predicted octanol–water partition coefficient (Wildman–Crippen LogP) is 1.29. The molecule has 5 aliphatic carbocycles. The van der Waals surface area contributed by atoms with Crippen LogP contribution in [0.4, 0.5) is 0 Å². The molecule has 5 saturated carbocycles. The Bertz CT molecular complexity index is 859. The molecule has 0 aromatic rings. The van der Waals surface area contributed by atoms with E-state index in [0.29, 0.717) is 18.4 Å². The Morgan fingerprint density at radius 3 is 2.59 bits per heavy atom. The van der Waals surface area contributed by atoms with E-state index in [9.17, 15) is 5.11 Å². The number of hydrogen-bond donors (Lipinski definition) is 1. The number of methoxy groups -OCH3 is 4. The van der Waals surface area contributed by atoms with Crippen LogP contribution in [0.2, 0.25) is 0 Å². The summed E-state index contributed by atoms with van der Waals surface area (Å²) in [7, 11) is 7.32. The highest BCUT2D eigenvalue weighted by molar-refractivity contribution is 5.42. The molecule has 7 fully saturated rings. The number of fused-ring (bicyclic) bond motifs is 1. The van der Waals surface area contributed by atoms with Crippen LogP contribution in [0, 0.1) is 34.5 Å². The standard InChI is InChI=1S/C26H41NO7/c1-6-27-11-23(12-29-2)8-7-17(31-4)25-15-9-14-16(30-3)10-24(18(15)19(14)32-5)26(22(25)27,34-13-33-24)21(28)20(23)25/h14-22,28H,6-13H2,1-5H3/t14-,15-,16+,17+,18-,19+,20+,21+,22+,23+,24-,25+,26-/m1/s1. The summed E-state index contributed by atoms with van der Waals surface area (Å²) in [5, 5.41) is 12.6. The van der Waals surface area contributed by atoms with Gasteiger partial charge in [-0.2, -0.15) is 0 Å². The summed E-state index contributed by atoms with van der Waals surface area (Å²) in [6, 6.07) is 0.0378. The Balaban J connectivity index is 1.55. The number of nitrogens with zero attached hydrogens (tertiary/aromatic N) is 1. The van der Waals surface area contributed by atoms with Gasteiger partial charge >= 0.3 is 0 Å². The molecule has 3 spiro atoms. The number of hydrogen-bond acceptors (Lipinski definition) is 8. The number of ether oxygens (including phenoxy) is 6. The topological polar surface area (TPSA) is 78.9 Å². The van der Waals surface area contributed by atoms with E-state index >= 15 is 0 Å². The molecule has 0 aromatic heterocycles. The molecule has 7 bridgehead atoms. The first-order valence-electron chi connectivity index (χ1n) is 13.2. The van der Waals surface area contributed by atoms with E-state index in [4.69, 9.17) is 28.4 Å². The molecule has 0 radical (unpaired) electrons. The fraction of sp³-hybridized carbons (Fsp3) is 1.00. The second-order valence-electron chi connectivity index (χ2n) is 12.2. The Kier molecular flexibility index (Phi) is 4.81. The summed E-state index contributed by atoms with van der Waals surface area (Å²) in [4.78, 5) is 2.61. The van der Waals surface area contributed by atoms with Crippen LogP contribution in [0.5, 0.6) is 0 Å². The summed E-state index contributed by atoms with van der Waals surface area (Å²) < 4.78 is 38.3. The van der Waals surface area contributed by atoms with Crippen LogP contribution in [-0.2, 0) is 28.4 Å². The Morgan fingerprint density at radius 1 is 1.09 bits per heavy atom. The average molecular weight is 480 g/mol. The number of rotatable bonds is 6. The first-order chi connectivity index (χ1) is 16.5. The summed E-state index contributed by atoms with van der Waals surface area (Å²) in [5.41, 5.74) is -1.83. The van der Waals surface area contributed by atoms with Crippen LogP contribution in [-0.4, -0.2) is 107 Å². The van der Waals surface area contributed by atoms with Crippen molar-refractivity contribution in [2.75, 3.05) is 54.9 Å².